The van der Waals surface area contributed by atoms with Gasteiger partial charge >= 0.3 is 0 Å². The van der Waals surface area contributed by atoms with E-state index in [2.05, 4.69) is 25.6 Å². The second kappa shape index (κ2) is 6.98. The Bertz CT molecular complexity index is 516. The number of hydrogen-bond donors (Lipinski definition) is 1. The number of sulfonamides is 1. The molecule has 2 heterocycles. The molecule has 0 saturated carbocycles. The molecule has 0 amide bonds. The highest BCUT2D eigenvalue weighted by atomic mass is 79.9. The molecule has 20 heavy (non-hydrogen) atoms. The molecular formula is C13H19BrN2O3S. The normalized spacial score (nSPS) is 18.9. The van der Waals surface area contributed by atoms with Crippen molar-refractivity contribution in [2.75, 3.05) is 24.3 Å². The van der Waals surface area contributed by atoms with Crippen LogP contribution >= 0.6 is 15.9 Å². The van der Waals surface area contributed by atoms with Crippen molar-refractivity contribution in [1.82, 2.24) is 9.71 Å². The summed E-state index contributed by atoms with van der Waals surface area (Å²) in [5.74, 6) is 0.0552. The minimum Gasteiger partial charge on any atom is -0.381 e. The summed E-state index contributed by atoms with van der Waals surface area (Å²) in [6.07, 6.45) is 3.49. The van der Waals surface area contributed by atoms with Crippen LogP contribution in [0, 0.1) is 0 Å². The van der Waals surface area contributed by atoms with Gasteiger partial charge in [-0.3, -0.25) is 4.98 Å². The van der Waals surface area contributed by atoms with Gasteiger partial charge in [-0.2, -0.15) is 0 Å². The topological polar surface area (TPSA) is 68.3 Å². The maximum Gasteiger partial charge on any atom is 0.212 e. The summed E-state index contributed by atoms with van der Waals surface area (Å²) in [5, 5.41) is 0.603. The number of aryl methyl sites for hydroxylation is 1. The number of rotatable bonds is 6. The Labute approximate surface area is 128 Å². The first kappa shape index (κ1) is 15.9. The van der Waals surface area contributed by atoms with E-state index in [9.17, 15) is 8.42 Å². The summed E-state index contributed by atoms with van der Waals surface area (Å²) in [7, 11) is -3.33. The number of aromatic nitrogens is 1. The predicted octanol–water partition coefficient (Wildman–Crippen LogP) is 1.49. The fourth-order valence-electron chi connectivity index (χ4n) is 2.19. The van der Waals surface area contributed by atoms with Crippen LogP contribution in [0.3, 0.4) is 0 Å². The molecule has 1 saturated heterocycles. The van der Waals surface area contributed by atoms with Gasteiger partial charge in [-0.1, -0.05) is 22.0 Å². The molecule has 1 fully saturated rings. The van der Waals surface area contributed by atoms with E-state index in [0.29, 0.717) is 37.8 Å². The lowest BCUT2D eigenvalue weighted by atomic mass is 9.94. The molecule has 2 rings (SSSR count). The van der Waals surface area contributed by atoms with Crippen molar-refractivity contribution in [1.29, 1.82) is 0 Å². The van der Waals surface area contributed by atoms with Crippen LogP contribution in [0.2, 0.25) is 0 Å². The van der Waals surface area contributed by atoms with Crippen LogP contribution in [0.4, 0.5) is 0 Å². The molecular weight excluding hydrogens is 344 g/mol. The van der Waals surface area contributed by atoms with Crippen LogP contribution in [0.15, 0.2) is 24.4 Å². The molecule has 0 radical (unpaired) electrons. The Hall–Kier alpha value is -0.500. The maximum atomic E-state index is 12.2. The third-order valence-corrected chi connectivity index (χ3v) is 5.99. The number of nitrogens with one attached hydrogen (secondary N) is 1. The van der Waals surface area contributed by atoms with Gasteiger partial charge in [-0.25, -0.2) is 13.1 Å². The van der Waals surface area contributed by atoms with E-state index in [1.54, 1.807) is 6.20 Å². The van der Waals surface area contributed by atoms with Crippen LogP contribution in [0.25, 0.3) is 0 Å². The molecule has 0 aromatic carbocycles. The molecule has 1 aliphatic heterocycles. The minimum atomic E-state index is -3.33. The van der Waals surface area contributed by atoms with Gasteiger partial charge in [0.25, 0.3) is 0 Å². The van der Waals surface area contributed by atoms with Crippen molar-refractivity contribution in [3.63, 3.8) is 0 Å². The zero-order valence-electron chi connectivity index (χ0n) is 11.2. The smallest absolute Gasteiger partial charge is 0.212 e. The van der Waals surface area contributed by atoms with Gasteiger partial charge in [0.05, 0.1) is 5.75 Å². The van der Waals surface area contributed by atoms with Gasteiger partial charge in [0, 0.05) is 42.4 Å². The summed E-state index contributed by atoms with van der Waals surface area (Å²) < 4.78 is 32.6. The molecule has 7 heteroatoms. The summed E-state index contributed by atoms with van der Waals surface area (Å²) >= 11 is 3.42. The number of nitrogens with zero attached hydrogens (tertiary/aromatic N) is 1. The molecule has 1 aliphatic rings. The number of hydrogen-bond acceptors (Lipinski definition) is 4. The van der Waals surface area contributed by atoms with E-state index in [-0.39, 0.29) is 5.75 Å². The first-order valence-corrected chi connectivity index (χ1v) is 9.38. The standard InChI is InChI=1S/C13H19BrN2O3S/c14-11-13(5-8-19-9-6-13)16-20(17,18)10-4-12-3-1-2-7-15-12/h1-3,7,16H,4-6,8-11H2. The van der Waals surface area contributed by atoms with Gasteiger partial charge < -0.3 is 4.74 Å². The van der Waals surface area contributed by atoms with Crippen LogP contribution in [0.1, 0.15) is 18.5 Å². The molecule has 0 aliphatic carbocycles. The number of alkyl halides is 1. The second-order valence-corrected chi connectivity index (χ2v) is 7.42. The Morgan fingerprint density at radius 2 is 2.10 bits per heavy atom. The molecule has 0 atom stereocenters. The van der Waals surface area contributed by atoms with E-state index in [0.717, 1.165) is 5.69 Å². The van der Waals surface area contributed by atoms with E-state index in [1.165, 1.54) is 0 Å². The van der Waals surface area contributed by atoms with Crippen molar-refractivity contribution in [2.24, 2.45) is 0 Å². The molecule has 1 aromatic heterocycles. The molecule has 1 aromatic rings. The largest absolute Gasteiger partial charge is 0.381 e. The van der Waals surface area contributed by atoms with Crippen LogP contribution < -0.4 is 4.72 Å². The SMILES string of the molecule is O=S(=O)(CCc1ccccn1)NC1(CBr)CCOCC1. The number of halogens is 1. The lowest BCUT2D eigenvalue weighted by Gasteiger charge is -2.36. The van der Waals surface area contributed by atoms with Gasteiger partial charge in [0.2, 0.25) is 10.0 Å². The minimum absolute atomic E-state index is 0.0552. The number of ether oxygens (including phenoxy) is 1. The zero-order valence-corrected chi connectivity index (χ0v) is 13.6. The van der Waals surface area contributed by atoms with Crippen LogP contribution in [-0.4, -0.2) is 43.2 Å². The van der Waals surface area contributed by atoms with Gasteiger partial charge in [0.1, 0.15) is 0 Å². The average Bonchev–Trinajstić information content (AvgIpc) is 2.47. The Morgan fingerprint density at radius 3 is 2.70 bits per heavy atom. The van der Waals surface area contributed by atoms with Crippen molar-refractivity contribution in [3.8, 4) is 0 Å². The third kappa shape index (κ3) is 4.51. The summed E-state index contributed by atoms with van der Waals surface area (Å²) in [6, 6.07) is 5.52. The molecule has 0 bridgehead atoms. The number of pyridine rings is 1. The van der Waals surface area contributed by atoms with Crippen molar-refractivity contribution in [3.05, 3.63) is 30.1 Å². The van der Waals surface area contributed by atoms with Crippen molar-refractivity contribution >= 4 is 26.0 Å². The zero-order chi connectivity index (χ0) is 14.5. The first-order chi connectivity index (χ1) is 9.55. The molecule has 5 nitrogen and oxygen atoms in total. The van der Waals surface area contributed by atoms with Gasteiger partial charge in [0.15, 0.2) is 0 Å². The highest BCUT2D eigenvalue weighted by Crippen LogP contribution is 2.24. The highest BCUT2D eigenvalue weighted by molar-refractivity contribution is 9.09. The molecule has 1 N–H and O–H groups in total. The van der Waals surface area contributed by atoms with Crippen LogP contribution in [0.5, 0.6) is 0 Å². The van der Waals surface area contributed by atoms with Crippen molar-refractivity contribution in [2.45, 2.75) is 24.8 Å². The summed E-state index contributed by atoms with van der Waals surface area (Å²) in [4.78, 5) is 4.14. The van der Waals surface area contributed by atoms with Gasteiger partial charge in [-0.05, 0) is 25.0 Å². The molecule has 0 spiro atoms. The van der Waals surface area contributed by atoms with E-state index < -0.39 is 15.6 Å². The van der Waals surface area contributed by atoms with Crippen molar-refractivity contribution < 1.29 is 13.2 Å². The Balaban J connectivity index is 1.96. The average molecular weight is 363 g/mol. The molecule has 112 valence electrons. The lowest BCUT2D eigenvalue weighted by Crippen LogP contribution is -2.53. The first-order valence-electron chi connectivity index (χ1n) is 6.61. The Kier molecular flexibility index (Phi) is 5.54. The third-order valence-electron chi connectivity index (χ3n) is 3.43. The Morgan fingerprint density at radius 1 is 1.35 bits per heavy atom. The van der Waals surface area contributed by atoms with E-state index in [4.69, 9.17) is 4.74 Å². The van der Waals surface area contributed by atoms with Crippen LogP contribution in [-0.2, 0) is 21.2 Å². The summed E-state index contributed by atoms with van der Waals surface area (Å²) in [6.45, 7) is 1.18. The fourth-order valence-corrected chi connectivity index (χ4v) is 4.59. The second-order valence-electron chi connectivity index (χ2n) is 5.02. The monoisotopic (exact) mass is 362 g/mol. The highest BCUT2D eigenvalue weighted by Gasteiger charge is 2.35. The van der Waals surface area contributed by atoms with E-state index >= 15 is 0 Å². The fraction of sp³-hybridized carbons (Fsp3) is 0.615. The maximum absolute atomic E-state index is 12.2. The van der Waals surface area contributed by atoms with Gasteiger partial charge in [-0.15, -0.1) is 0 Å². The molecule has 0 unspecified atom stereocenters. The predicted molar refractivity (Wildman–Crippen MR) is 81.4 cm³/mol. The van der Waals surface area contributed by atoms with E-state index in [1.807, 2.05) is 18.2 Å². The lowest BCUT2D eigenvalue weighted by molar-refractivity contribution is 0.0557. The quantitative estimate of drug-likeness (QED) is 0.778. The summed E-state index contributed by atoms with van der Waals surface area (Å²) in [5.41, 5.74) is 0.374.